The summed E-state index contributed by atoms with van der Waals surface area (Å²) in [5.41, 5.74) is 20.1. The Labute approximate surface area is 524 Å². The fraction of sp³-hybridized carbons (Fsp3) is 0. The van der Waals surface area contributed by atoms with Crippen molar-refractivity contribution in [3.05, 3.63) is 303 Å². The van der Waals surface area contributed by atoms with Gasteiger partial charge in [-0.1, -0.05) is 200 Å². The molecule has 20 aromatic rings. The van der Waals surface area contributed by atoms with Gasteiger partial charge in [0.15, 0.2) is 11.2 Å². The molecule has 0 unspecified atom stereocenters. The van der Waals surface area contributed by atoms with Gasteiger partial charge in [-0.3, -0.25) is 0 Å². The van der Waals surface area contributed by atoms with Gasteiger partial charge >= 0.3 is 0 Å². The number of nitrogens with zero attached hydrogens (tertiary/aromatic N) is 2. The lowest BCUT2D eigenvalue weighted by molar-refractivity contribution is 0.672. The molecule has 20 rings (SSSR count). The molecule has 0 bridgehead atoms. The van der Waals surface area contributed by atoms with Crippen molar-refractivity contribution < 1.29 is 8.83 Å². The van der Waals surface area contributed by atoms with E-state index in [-0.39, 0.29) is 0 Å². The quantitative estimate of drug-likeness (QED) is 0.166. The first kappa shape index (κ1) is 50.8. The van der Waals surface area contributed by atoms with Crippen LogP contribution >= 0.6 is 22.7 Å². The zero-order valence-electron chi connectivity index (χ0n) is 48.4. The molecule has 0 amide bonds. The van der Waals surface area contributed by atoms with Gasteiger partial charge in [0, 0.05) is 73.3 Å². The summed E-state index contributed by atoms with van der Waals surface area (Å²) in [5, 5.41) is 15.1. The predicted octanol–water partition coefficient (Wildman–Crippen LogP) is 24.8. The summed E-state index contributed by atoms with van der Waals surface area (Å²) in [6.07, 6.45) is 0. The van der Waals surface area contributed by atoms with Crippen molar-refractivity contribution in [2.45, 2.75) is 0 Å². The Hall–Kier alpha value is -11.3. The zero-order valence-corrected chi connectivity index (χ0v) is 50.0. The van der Waals surface area contributed by atoms with Crippen LogP contribution < -0.4 is 0 Å². The maximum atomic E-state index is 6.50. The summed E-state index contributed by atoms with van der Waals surface area (Å²) in [6, 6.07) is 109. The van der Waals surface area contributed by atoms with E-state index in [4.69, 9.17) is 8.83 Å². The minimum atomic E-state index is 0.903. The lowest BCUT2D eigenvalue weighted by Gasteiger charge is -2.08. The lowest BCUT2D eigenvalue weighted by atomic mass is 9.98. The van der Waals surface area contributed by atoms with Crippen molar-refractivity contribution in [2.24, 2.45) is 0 Å². The topological polar surface area (TPSA) is 36.1 Å². The summed E-state index contributed by atoms with van der Waals surface area (Å²) in [5.74, 6) is 0. The number of thiophene rings is 2. The molecule has 6 heteroatoms. The van der Waals surface area contributed by atoms with Crippen molar-refractivity contribution in [1.82, 2.24) is 9.13 Å². The average molecular weight is 1180 g/mol. The fourth-order valence-electron chi connectivity index (χ4n) is 14.1. The minimum Gasteiger partial charge on any atom is -0.454 e. The van der Waals surface area contributed by atoms with Crippen LogP contribution in [-0.4, -0.2) is 9.13 Å². The van der Waals surface area contributed by atoms with Gasteiger partial charge in [-0.15, -0.1) is 22.7 Å². The van der Waals surface area contributed by atoms with E-state index in [0.29, 0.717) is 0 Å². The first-order valence-electron chi connectivity index (χ1n) is 30.5. The van der Waals surface area contributed by atoms with Crippen LogP contribution in [0.2, 0.25) is 0 Å². The van der Waals surface area contributed by atoms with E-state index >= 15 is 0 Å². The van der Waals surface area contributed by atoms with Crippen LogP contribution in [0.1, 0.15) is 0 Å². The van der Waals surface area contributed by atoms with E-state index in [1.165, 1.54) is 106 Å². The Morgan fingerprint density at radius 2 is 0.633 bits per heavy atom. The Morgan fingerprint density at radius 1 is 0.233 bits per heavy atom. The molecule has 90 heavy (non-hydrogen) atoms. The van der Waals surface area contributed by atoms with Gasteiger partial charge < -0.3 is 18.0 Å². The van der Waals surface area contributed by atoms with Gasteiger partial charge in [0.1, 0.15) is 22.2 Å². The van der Waals surface area contributed by atoms with Crippen molar-refractivity contribution in [1.29, 1.82) is 0 Å². The molecule has 420 valence electrons. The summed E-state index contributed by atoms with van der Waals surface area (Å²) in [7, 11) is 0. The van der Waals surface area contributed by atoms with Crippen molar-refractivity contribution in [2.75, 3.05) is 0 Å². The molecule has 0 saturated heterocycles. The van der Waals surface area contributed by atoms with Crippen LogP contribution in [0.5, 0.6) is 0 Å². The summed E-state index contributed by atoms with van der Waals surface area (Å²) >= 11 is 3.76. The number of hydrogen-bond donors (Lipinski definition) is 0. The van der Waals surface area contributed by atoms with Crippen molar-refractivity contribution in [3.8, 4) is 55.9 Å². The third kappa shape index (κ3) is 8.05. The van der Waals surface area contributed by atoms with Gasteiger partial charge in [0.05, 0.1) is 11.0 Å². The molecule has 0 atom stereocenters. The van der Waals surface area contributed by atoms with Crippen LogP contribution in [0.25, 0.3) is 184 Å². The summed E-state index contributed by atoms with van der Waals surface area (Å²) in [4.78, 5) is 0. The molecule has 6 aromatic heterocycles. The normalized spacial score (nSPS) is 12.0. The highest BCUT2D eigenvalue weighted by molar-refractivity contribution is 7.26. The highest BCUT2D eigenvalue weighted by Gasteiger charge is 2.22. The van der Waals surface area contributed by atoms with Crippen LogP contribution in [-0.2, 0) is 0 Å². The van der Waals surface area contributed by atoms with E-state index < -0.39 is 0 Å². The van der Waals surface area contributed by atoms with Crippen LogP contribution in [0.3, 0.4) is 0 Å². The number of fused-ring (bicyclic) bond motifs is 19. The van der Waals surface area contributed by atoms with Crippen LogP contribution in [0.4, 0.5) is 0 Å². The molecule has 0 saturated carbocycles. The highest BCUT2D eigenvalue weighted by atomic mass is 32.1. The average Bonchev–Trinajstić information content (AvgIpc) is 1.67. The molecule has 0 aliphatic rings. The van der Waals surface area contributed by atoms with Gasteiger partial charge in [-0.25, -0.2) is 0 Å². The first-order valence-corrected chi connectivity index (χ1v) is 32.1. The highest BCUT2D eigenvalue weighted by Crippen LogP contribution is 2.45. The molecular formula is C84H50N2O2S2. The fourth-order valence-corrected chi connectivity index (χ4v) is 16.4. The molecule has 14 aromatic carbocycles. The molecule has 0 spiro atoms. The second-order valence-electron chi connectivity index (χ2n) is 23.5. The van der Waals surface area contributed by atoms with Crippen molar-refractivity contribution >= 4 is 151 Å². The lowest BCUT2D eigenvalue weighted by Crippen LogP contribution is -1.92. The molecule has 0 aliphatic heterocycles. The number of hydrogen-bond acceptors (Lipinski definition) is 4. The number of para-hydroxylation sites is 4. The maximum Gasteiger partial charge on any atom is 0.161 e. The molecule has 0 aliphatic carbocycles. The zero-order chi connectivity index (χ0) is 59.0. The molecule has 0 N–H and O–H groups in total. The van der Waals surface area contributed by atoms with E-state index in [2.05, 4.69) is 312 Å². The van der Waals surface area contributed by atoms with Crippen LogP contribution in [0.15, 0.2) is 312 Å². The summed E-state index contributed by atoms with van der Waals surface area (Å²) in [6.45, 7) is 0. The second kappa shape index (κ2) is 20.1. The number of benzene rings is 14. The number of rotatable bonds is 6. The van der Waals surface area contributed by atoms with Gasteiger partial charge in [-0.2, -0.15) is 0 Å². The monoisotopic (exact) mass is 1180 g/mol. The second-order valence-corrected chi connectivity index (χ2v) is 25.7. The molecule has 0 fully saturated rings. The maximum absolute atomic E-state index is 6.50. The van der Waals surface area contributed by atoms with Gasteiger partial charge in [-0.05, 0) is 169 Å². The van der Waals surface area contributed by atoms with Crippen LogP contribution in [0, 0.1) is 0 Å². The number of furan rings is 2. The van der Waals surface area contributed by atoms with Gasteiger partial charge in [0.2, 0.25) is 0 Å². The SMILES string of the molecule is c1ccc(-n2c3ccccc3c3oc4ccc(-c5ccc(-c6ccc7c(c6)sc6cc8ccccc8cc67)cc5)cc4c32)cc1.c1ccc(-n2c3ccccc3c3oc4ccc(-c5ccc(-c6ccc7c(c6)sc6ccc8ccccc8c67)cc5)cc4c32)cc1. The molecular weight excluding hydrogens is 1130 g/mol. The van der Waals surface area contributed by atoms with Crippen molar-refractivity contribution in [3.63, 3.8) is 0 Å². The van der Waals surface area contributed by atoms with Gasteiger partial charge in [0.25, 0.3) is 0 Å². The third-order valence-corrected chi connectivity index (χ3v) is 20.6. The third-order valence-electron chi connectivity index (χ3n) is 18.4. The minimum absolute atomic E-state index is 0.903. The molecule has 6 heterocycles. The number of aromatic nitrogens is 2. The molecule has 0 radical (unpaired) electrons. The van der Waals surface area contributed by atoms with E-state index in [1.807, 2.05) is 22.7 Å². The Bertz CT molecular complexity index is 6250. The first-order chi connectivity index (χ1) is 44.6. The Kier molecular flexibility index (Phi) is 11.4. The smallest absolute Gasteiger partial charge is 0.161 e. The standard InChI is InChI=1S/2C42H25NOS/c1-2-10-32(11-3-1)43-37-13-7-6-12-34(37)42-41(43)36-23-30(19-21-38(36)44-42)26-14-16-27(17-15-26)31-18-20-33-35-22-28-8-4-5-9-29(28)24-40(35)45-39(33)25-31;1-2-9-31(10-3-1)43-36-13-7-6-12-33(36)42-41(43)35-24-29(19-22-37(35)44-42)26-14-16-27(17-15-26)30-18-21-34-39(25-30)45-38-23-20-28-8-4-5-11-32(28)40(34)38/h2*1-25H. The van der Waals surface area contributed by atoms with E-state index in [9.17, 15) is 0 Å². The van der Waals surface area contributed by atoms with E-state index in [1.54, 1.807) is 0 Å². The largest absolute Gasteiger partial charge is 0.454 e. The van der Waals surface area contributed by atoms with E-state index in [0.717, 1.165) is 77.3 Å². The molecule has 4 nitrogen and oxygen atoms in total. The Balaban J connectivity index is 0.000000130. The Morgan fingerprint density at radius 3 is 1.18 bits per heavy atom. The summed E-state index contributed by atoms with van der Waals surface area (Å²) < 4.78 is 23.0. The predicted molar refractivity (Wildman–Crippen MR) is 384 cm³/mol.